The standard InChI is InChI=1S/C46H44OSi/c1-29-27-40-37(36-17-10-14-31-13-8-9-15-34(31)36)18-12-19-38(40)44(29)48(6,7)45-39-20-11-16-35(32-22-24-33(25-23-32)46(3,4)5)41(39)28-42(45)43-26-21-30(2)47-43/h8-28,44-45H,1-7H3. The molecule has 2 unspecified atom stereocenters. The van der Waals surface area contributed by atoms with Crippen molar-refractivity contribution >= 4 is 36.6 Å². The number of hydrogen-bond acceptors (Lipinski definition) is 1. The van der Waals surface area contributed by atoms with Crippen LogP contribution in [0.5, 0.6) is 0 Å². The van der Waals surface area contributed by atoms with Crippen molar-refractivity contribution in [1.29, 1.82) is 0 Å². The molecule has 0 spiro atoms. The Labute approximate surface area is 286 Å². The van der Waals surface area contributed by atoms with E-state index < -0.39 is 8.07 Å². The zero-order chi connectivity index (χ0) is 33.4. The number of allylic oxidation sites excluding steroid dienone is 2. The summed E-state index contributed by atoms with van der Waals surface area (Å²) in [6, 6.07) is 43.0. The Morgan fingerprint density at radius 2 is 1.21 bits per heavy atom. The van der Waals surface area contributed by atoms with Gasteiger partial charge in [-0.05, 0) is 98.3 Å². The molecule has 0 saturated heterocycles. The van der Waals surface area contributed by atoms with E-state index in [1.54, 1.807) is 0 Å². The lowest BCUT2D eigenvalue weighted by Gasteiger charge is -2.39. The highest BCUT2D eigenvalue weighted by Gasteiger charge is 2.49. The Balaban J connectivity index is 1.27. The van der Waals surface area contributed by atoms with Crippen LogP contribution in [-0.2, 0) is 5.41 Å². The Morgan fingerprint density at radius 3 is 1.92 bits per heavy atom. The van der Waals surface area contributed by atoms with E-state index in [-0.39, 0.29) is 11.0 Å². The highest BCUT2D eigenvalue weighted by molar-refractivity contribution is 6.83. The van der Waals surface area contributed by atoms with Crippen molar-refractivity contribution in [2.24, 2.45) is 0 Å². The fraction of sp³-hybridized carbons (Fsp3) is 0.217. The van der Waals surface area contributed by atoms with E-state index in [4.69, 9.17) is 4.42 Å². The maximum atomic E-state index is 6.44. The average molecular weight is 641 g/mol. The van der Waals surface area contributed by atoms with Gasteiger partial charge in [0.15, 0.2) is 0 Å². The molecule has 0 fully saturated rings. The molecule has 2 aliphatic rings. The van der Waals surface area contributed by atoms with E-state index in [1.807, 2.05) is 0 Å². The van der Waals surface area contributed by atoms with Gasteiger partial charge in [-0.3, -0.25) is 0 Å². The molecule has 0 N–H and O–H groups in total. The van der Waals surface area contributed by atoms with Gasteiger partial charge in [0.05, 0.1) is 8.07 Å². The first-order chi connectivity index (χ1) is 23.0. The van der Waals surface area contributed by atoms with E-state index in [1.165, 1.54) is 72.0 Å². The molecule has 0 aliphatic heterocycles. The van der Waals surface area contributed by atoms with Crippen LogP contribution in [0.25, 0.3) is 50.8 Å². The number of benzene rings is 5. The molecule has 2 aliphatic carbocycles. The molecule has 8 rings (SSSR count). The lowest BCUT2D eigenvalue weighted by molar-refractivity contribution is 0.520. The molecule has 2 atom stereocenters. The zero-order valence-electron chi connectivity index (χ0n) is 29.2. The van der Waals surface area contributed by atoms with Crippen molar-refractivity contribution in [3.8, 4) is 22.3 Å². The number of aryl methyl sites for hydroxylation is 1. The predicted molar refractivity (Wildman–Crippen MR) is 208 cm³/mol. The molecule has 1 aromatic heterocycles. The fourth-order valence-electron chi connectivity index (χ4n) is 8.81. The largest absolute Gasteiger partial charge is 0.462 e. The van der Waals surface area contributed by atoms with E-state index in [2.05, 4.69) is 175 Å². The lowest BCUT2D eigenvalue weighted by atomic mass is 9.86. The Kier molecular flexibility index (Phi) is 7.16. The number of furan rings is 1. The molecule has 48 heavy (non-hydrogen) atoms. The SMILES string of the molecule is CC1=Cc2c(-c3cccc4ccccc34)cccc2C1[Si](C)(C)C1C(c2ccc(C)o2)=Cc2c(-c3ccc(C(C)(C)C)cc3)cccc21. The van der Waals surface area contributed by atoms with Crippen LogP contribution in [0.1, 0.15) is 78.1 Å². The molecule has 1 heterocycles. The molecule has 0 amide bonds. The van der Waals surface area contributed by atoms with Gasteiger partial charge < -0.3 is 4.42 Å². The Morgan fingerprint density at radius 1 is 0.583 bits per heavy atom. The van der Waals surface area contributed by atoms with Gasteiger partial charge >= 0.3 is 0 Å². The van der Waals surface area contributed by atoms with Crippen molar-refractivity contribution in [1.82, 2.24) is 0 Å². The number of fused-ring (bicyclic) bond motifs is 3. The summed E-state index contributed by atoms with van der Waals surface area (Å²) in [5.41, 5.74) is 15.8. The molecule has 0 radical (unpaired) electrons. The smallest absolute Gasteiger partial charge is 0.130 e. The van der Waals surface area contributed by atoms with Gasteiger partial charge in [-0.2, -0.15) is 0 Å². The van der Waals surface area contributed by atoms with E-state index >= 15 is 0 Å². The molecule has 5 aromatic carbocycles. The zero-order valence-corrected chi connectivity index (χ0v) is 30.2. The summed E-state index contributed by atoms with van der Waals surface area (Å²) >= 11 is 0. The highest BCUT2D eigenvalue weighted by atomic mass is 28.3. The maximum absolute atomic E-state index is 6.44. The van der Waals surface area contributed by atoms with Gasteiger partial charge in [0.25, 0.3) is 0 Å². The van der Waals surface area contributed by atoms with Crippen LogP contribution in [-0.4, -0.2) is 8.07 Å². The van der Waals surface area contributed by atoms with Crippen molar-refractivity contribution < 1.29 is 4.42 Å². The van der Waals surface area contributed by atoms with Gasteiger partial charge in [0.2, 0.25) is 0 Å². The number of hydrogen-bond donors (Lipinski definition) is 0. The normalized spacial score (nSPS) is 17.3. The third kappa shape index (κ3) is 4.89. The summed E-state index contributed by atoms with van der Waals surface area (Å²) in [6.07, 6.45) is 4.96. The second-order valence-corrected chi connectivity index (χ2v) is 20.4. The molecule has 0 saturated carbocycles. The van der Waals surface area contributed by atoms with Gasteiger partial charge in [0.1, 0.15) is 11.5 Å². The van der Waals surface area contributed by atoms with Gasteiger partial charge in [-0.1, -0.05) is 149 Å². The van der Waals surface area contributed by atoms with Crippen LogP contribution in [0.3, 0.4) is 0 Å². The van der Waals surface area contributed by atoms with Crippen LogP contribution in [0, 0.1) is 6.92 Å². The van der Waals surface area contributed by atoms with Gasteiger partial charge in [-0.15, -0.1) is 0 Å². The van der Waals surface area contributed by atoms with Gasteiger partial charge in [-0.25, -0.2) is 0 Å². The number of rotatable bonds is 5. The predicted octanol–water partition coefficient (Wildman–Crippen LogP) is 13.0. The molecule has 0 bridgehead atoms. The van der Waals surface area contributed by atoms with Gasteiger partial charge in [0, 0.05) is 16.7 Å². The second kappa shape index (κ2) is 11.2. The summed E-state index contributed by atoms with van der Waals surface area (Å²) in [4.78, 5) is 0. The summed E-state index contributed by atoms with van der Waals surface area (Å²) in [5, 5.41) is 2.60. The molecule has 1 nitrogen and oxygen atoms in total. The quantitative estimate of drug-likeness (QED) is 0.171. The summed E-state index contributed by atoms with van der Waals surface area (Å²) in [7, 11) is -2.17. The van der Waals surface area contributed by atoms with Crippen LogP contribution in [0.4, 0.5) is 0 Å². The minimum absolute atomic E-state index is 0.124. The minimum atomic E-state index is -2.17. The van der Waals surface area contributed by atoms with E-state index in [0.717, 1.165) is 11.5 Å². The lowest BCUT2D eigenvalue weighted by Crippen LogP contribution is -2.42. The van der Waals surface area contributed by atoms with Crippen molar-refractivity contribution in [3.63, 3.8) is 0 Å². The summed E-state index contributed by atoms with van der Waals surface area (Å²) < 4.78 is 6.44. The third-order valence-corrected chi connectivity index (χ3v) is 15.4. The second-order valence-electron chi connectivity index (χ2n) is 15.6. The van der Waals surface area contributed by atoms with Crippen LogP contribution in [0.2, 0.25) is 13.1 Å². The molecular weight excluding hydrogens is 597 g/mol. The van der Waals surface area contributed by atoms with Crippen molar-refractivity contribution in [3.05, 3.63) is 160 Å². The minimum Gasteiger partial charge on any atom is -0.462 e. The maximum Gasteiger partial charge on any atom is 0.130 e. The molecular formula is C46H44OSi. The molecule has 238 valence electrons. The highest BCUT2D eigenvalue weighted by Crippen LogP contribution is 2.56. The monoisotopic (exact) mass is 640 g/mol. The average Bonchev–Trinajstić information content (AvgIpc) is 3.78. The van der Waals surface area contributed by atoms with E-state index in [9.17, 15) is 0 Å². The molecule has 2 heteroatoms. The Hall–Kier alpha value is -4.66. The summed E-state index contributed by atoms with van der Waals surface area (Å²) in [5.74, 6) is 1.97. The Bertz CT molecular complexity index is 2260. The van der Waals surface area contributed by atoms with Crippen molar-refractivity contribution in [2.45, 2.75) is 64.2 Å². The van der Waals surface area contributed by atoms with Crippen LogP contribution < -0.4 is 0 Å². The first kappa shape index (κ1) is 30.7. The first-order valence-corrected chi connectivity index (χ1v) is 20.5. The van der Waals surface area contributed by atoms with Crippen molar-refractivity contribution in [2.75, 3.05) is 0 Å². The van der Waals surface area contributed by atoms with E-state index in [0.29, 0.717) is 5.54 Å². The van der Waals surface area contributed by atoms with Crippen LogP contribution in [0.15, 0.2) is 125 Å². The first-order valence-electron chi connectivity index (χ1n) is 17.3. The third-order valence-electron chi connectivity index (χ3n) is 11.0. The fourth-order valence-corrected chi connectivity index (χ4v) is 13.5. The van der Waals surface area contributed by atoms with Crippen LogP contribution >= 0.6 is 0 Å². The summed E-state index contributed by atoms with van der Waals surface area (Å²) in [6.45, 7) is 16.5. The molecule has 6 aromatic rings. The topological polar surface area (TPSA) is 13.1 Å².